The third kappa shape index (κ3) is 3.29. The lowest BCUT2D eigenvalue weighted by molar-refractivity contribution is 0.168. The van der Waals surface area contributed by atoms with Gasteiger partial charge in [0, 0.05) is 6.20 Å². The van der Waals surface area contributed by atoms with Crippen LogP contribution in [0.4, 0.5) is 5.69 Å². The first-order chi connectivity index (χ1) is 4.68. The Hall–Kier alpha value is -0.680. The predicted octanol–water partition coefficient (Wildman–Crippen LogP) is -0.0411. The molecule has 0 saturated heterocycles. The minimum Gasteiger partial charge on any atom is -0.396 e. The summed E-state index contributed by atoms with van der Waals surface area (Å²) in [4.78, 5) is 0. The lowest BCUT2D eigenvalue weighted by Gasteiger charge is -2.01. The van der Waals surface area contributed by atoms with Crippen LogP contribution < -0.4 is 5.73 Å². The minimum absolute atomic E-state index is 0. The fourth-order valence-electron chi connectivity index (χ4n) is 0.750. The topological polar surface area (TPSA) is 64.1 Å². The van der Waals surface area contributed by atoms with E-state index in [1.807, 2.05) is 0 Å². The maximum absolute atomic E-state index is 8.91. The molecule has 0 radical (unpaired) electrons. The van der Waals surface area contributed by atoms with Crippen molar-refractivity contribution in [3.05, 3.63) is 12.4 Å². The molecule has 1 aromatic heterocycles. The SMILES string of the molecule is C[C@H](O)Cn1cc(N)cn1.S. The van der Waals surface area contributed by atoms with Gasteiger partial charge >= 0.3 is 0 Å². The molecular formula is C6H13N3OS. The van der Waals surface area contributed by atoms with Gasteiger partial charge in [0.2, 0.25) is 0 Å². The number of aromatic nitrogens is 2. The molecule has 0 aliphatic carbocycles. The number of nitrogen functional groups attached to an aromatic ring is 1. The Labute approximate surface area is 72.5 Å². The smallest absolute Gasteiger partial charge is 0.0719 e. The molecule has 0 amide bonds. The van der Waals surface area contributed by atoms with Crippen LogP contribution >= 0.6 is 13.5 Å². The summed E-state index contributed by atoms with van der Waals surface area (Å²) >= 11 is 0. The summed E-state index contributed by atoms with van der Waals surface area (Å²) in [6, 6.07) is 0. The molecule has 0 spiro atoms. The first-order valence-electron chi connectivity index (χ1n) is 3.14. The summed E-state index contributed by atoms with van der Waals surface area (Å²) in [7, 11) is 0. The van der Waals surface area contributed by atoms with Crippen molar-refractivity contribution in [1.82, 2.24) is 9.78 Å². The molecular weight excluding hydrogens is 162 g/mol. The number of rotatable bonds is 2. The van der Waals surface area contributed by atoms with E-state index < -0.39 is 0 Å². The van der Waals surface area contributed by atoms with Crippen LogP contribution in [-0.2, 0) is 6.54 Å². The van der Waals surface area contributed by atoms with Crippen LogP contribution in [0.25, 0.3) is 0 Å². The monoisotopic (exact) mass is 175 g/mol. The second-order valence-corrected chi connectivity index (χ2v) is 2.34. The van der Waals surface area contributed by atoms with E-state index in [1.165, 1.54) is 0 Å². The van der Waals surface area contributed by atoms with E-state index in [9.17, 15) is 0 Å². The van der Waals surface area contributed by atoms with Crippen molar-refractivity contribution in [2.75, 3.05) is 5.73 Å². The molecule has 4 nitrogen and oxygen atoms in total. The molecule has 0 aliphatic heterocycles. The van der Waals surface area contributed by atoms with Crippen molar-refractivity contribution in [3.63, 3.8) is 0 Å². The predicted molar refractivity (Wildman–Crippen MR) is 48.7 cm³/mol. The van der Waals surface area contributed by atoms with E-state index in [0.29, 0.717) is 12.2 Å². The zero-order valence-corrected chi connectivity index (χ0v) is 7.36. The molecule has 1 atom stereocenters. The maximum atomic E-state index is 8.91. The Bertz CT molecular complexity index is 211. The normalized spacial score (nSPS) is 12.2. The van der Waals surface area contributed by atoms with Gasteiger partial charge in [-0.1, -0.05) is 0 Å². The van der Waals surface area contributed by atoms with E-state index in [4.69, 9.17) is 10.8 Å². The van der Waals surface area contributed by atoms with Gasteiger partial charge in [0.25, 0.3) is 0 Å². The average Bonchev–Trinajstić information content (AvgIpc) is 2.13. The van der Waals surface area contributed by atoms with Crippen molar-refractivity contribution in [2.24, 2.45) is 0 Å². The number of nitrogens with zero attached hydrogens (tertiary/aromatic N) is 2. The van der Waals surface area contributed by atoms with E-state index in [2.05, 4.69) is 5.10 Å². The zero-order valence-electron chi connectivity index (χ0n) is 6.36. The first kappa shape index (κ1) is 10.3. The van der Waals surface area contributed by atoms with Gasteiger partial charge < -0.3 is 10.8 Å². The van der Waals surface area contributed by atoms with E-state index in [-0.39, 0.29) is 19.6 Å². The Morgan fingerprint density at radius 3 is 2.82 bits per heavy atom. The number of aliphatic hydroxyl groups is 1. The van der Waals surface area contributed by atoms with Crippen LogP contribution in [-0.4, -0.2) is 21.0 Å². The van der Waals surface area contributed by atoms with Crippen molar-refractivity contribution < 1.29 is 5.11 Å². The van der Waals surface area contributed by atoms with Crippen LogP contribution in [0, 0.1) is 0 Å². The average molecular weight is 175 g/mol. The molecule has 1 rings (SSSR count). The van der Waals surface area contributed by atoms with Crippen LogP contribution in [0.5, 0.6) is 0 Å². The second-order valence-electron chi connectivity index (χ2n) is 2.34. The van der Waals surface area contributed by atoms with Gasteiger partial charge in [0.1, 0.15) is 0 Å². The molecule has 0 aliphatic rings. The first-order valence-corrected chi connectivity index (χ1v) is 3.14. The molecule has 0 unspecified atom stereocenters. The van der Waals surface area contributed by atoms with Crippen LogP contribution in [0.3, 0.4) is 0 Å². The molecule has 0 bridgehead atoms. The summed E-state index contributed by atoms with van der Waals surface area (Å²) in [5, 5.41) is 12.8. The van der Waals surface area contributed by atoms with Crippen LogP contribution in [0.1, 0.15) is 6.92 Å². The summed E-state index contributed by atoms with van der Waals surface area (Å²) in [5.41, 5.74) is 6.01. The summed E-state index contributed by atoms with van der Waals surface area (Å²) < 4.78 is 1.61. The highest BCUT2D eigenvalue weighted by Gasteiger charge is 1.97. The minimum atomic E-state index is -0.376. The molecule has 0 fully saturated rings. The van der Waals surface area contributed by atoms with Gasteiger partial charge in [0.15, 0.2) is 0 Å². The van der Waals surface area contributed by atoms with Gasteiger partial charge in [-0.3, -0.25) is 4.68 Å². The number of nitrogens with two attached hydrogens (primary N) is 1. The Morgan fingerprint density at radius 1 is 1.82 bits per heavy atom. The maximum Gasteiger partial charge on any atom is 0.0719 e. The number of hydrogen-bond acceptors (Lipinski definition) is 3. The van der Waals surface area contributed by atoms with E-state index in [1.54, 1.807) is 24.0 Å². The number of aliphatic hydroxyl groups excluding tert-OH is 1. The highest BCUT2D eigenvalue weighted by molar-refractivity contribution is 7.59. The van der Waals surface area contributed by atoms with E-state index in [0.717, 1.165) is 0 Å². The van der Waals surface area contributed by atoms with E-state index >= 15 is 0 Å². The van der Waals surface area contributed by atoms with Crippen LogP contribution in [0.2, 0.25) is 0 Å². The standard InChI is InChI=1S/C6H11N3O.H2S/c1-5(10)3-9-4-6(7)2-8-9;/h2,4-5,10H,3,7H2,1H3;1H2/t5-;/m0./s1. The van der Waals surface area contributed by atoms with Gasteiger partial charge in [-0.15, -0.1) is 0 Å². The van der Waals surface area contributed by atoms with Crippen LogP contribution in [0.15, 0.2) is 12.4 Å². The molecule has 3 N–H and O–H groups in total. The largest absolute Gasteiger partial charge is 0.396 e. The molecule has 0 aromatic carbocycles. The third-order valence-electron chi connectivity index (χ3n) is 1.10. The van der Waals surface area contributed by atoms with Crippen molar-refractivity contribution in [1.29, 1.82) is 0 Å². The number of anilines is 1. The quantitative estimate of drug-likeness (QED) is 0.663. The molecule has 11 heavy (non-hydrogen) atoms. The fourth-order valence-corrected chi connectivity index (χ4v) is 0.750. The molecule has 1 aromatic rings. The number of hydrogen-bond donors (Lipinski definition) is 2. The molecule has 64 valence electrons. The molecule has 5 heteroatoms. The van der Waals surface area contributed by atoms with Gasteiger partial charge in [-0.05, 0) is 6.92 Å². The Balaban J connectivity index is 0.000001000. The Kier molecular flexibility index (Phi) is 3.99. The van der Waals surface area contributed by atoms with Gasteiger partial charge in [0.05, 0.1) is 24.5 Å². The van der Waals surface area contributed by atoms with Crippen molar-refractivity contribution in [2.45, 2.75) is 19.6 Å². The summed E-state index contributed by atoms with van der Waals surface area (Å²) in [5.74, 6) is 0. The third-order valence-corrected chi connectivity index (χ3v) is 1.10. The zero-order chi connectivity index (χ0) is 7.56. The lowest BCUT2D eigenvalue weighted by Crippen LogP contribution is -2.11. The fraction of sp³-hybridized carbons (Fsp3) is 0.500. The van der Waals surface area contributed by atoms with Gasteiger partial charge in [-0.25, -0.2) is 0 Å². The highest BCUT2D eigenvalue weighted by Crippen LogP contribution is 1.98. The van der Waals surface area contributed by atoms with Crippen molar-refractivity contribution in [3.8, 4) is 0 Å². The molecule has 1 heterocycles. The summed E-state index contributed by atoms with van der Waals surface area (Å²) in [6.45, 7) is 2.20. The summed E-state index contributed by atoms with van der Waals surface area (Å²) in [6.07, 6.45) is 2.87. The second kappa shape index (κ2) is 4.25. The van der Waals surface area contributed by atoms with Crippen molar-refractivity contribution >= 4 is 19.2 Å². The lowest BCUT2D eigenvalue weighted by atomic mass is 10.4. The Morgan fingerprint density at radius 2 is 2.45 bits per heavy atom. The molecule has 0 saturated carbocycles. The highest BCUT2D eigenvalue weighted by atomic mass is 32.1. The van der Waals surface area contributed by atoms with Gasteiger partial charge in [-0.2, -0.15) is 18.6 Å².